The highest BCUT2D eigenvalue weighted by Gasteiger charge is 2.35. The van der Waals surface area contributed by atoms with Crippen LogP contribution in [0.15, 0.2) is 0 Å². The molecule has 0 aliphatic heterocycles. The van der Waals surface area contributed by atoms with Gasteiger partial charge in [-0.05, 0) is 25.3 Å². The van der Waals surface area contributed by atoms with E-state index in [9.17, 15) is 4.79 Å². The van der Waals surface area contributed by atoms with Crippen molar-refractivity contribution >= 4 is 5.97 Å². The molecule has 0 bridgehead atoms. The highest BCUT2D eigenvalue weighted by Crippen LogP contribution is 2.32. The van der Waals surface area contributed by atoms with Crippen LogP contribution in [0.4, 0.5) is 0 Å². The molecule has 1 rings (SSSR count). The Hall–Kier alpha value is -0.570. The summed E-state index contributed by atoms with van der Waals surface area (Å²) >= 11 is 0. The Morgan fingerprint density at radius 3 is 2.70 bits per heavy atom. The van der Waals surface area contributed by atoms with E-state index in [1.807, 2.05) is 6.92 Å². The third-order valence-corrected chi connectivity index (χ3v) is 1.78. The molecule has 1 aliphatic carbocycles. The first-order chi connectivity index (χ1) is 4.75. The highest BCUT2D eigenvalue weighted by atomic mass is 16.4. The molecular weight excluding hydrogens is 130 g/mol. The Kier molecular flexibility index (Phi) is 2.27. The van der Waals surface area contributed by atoms with Gasteiger partial charge in [-0.3, -0.25) is 4.79 Å². The van der Waals surface area contributed by atoms with Gasteiger partial charge in [0.1, 0.15) is 6.04 Å². The van der Waals surface area contributed by atoms with E-state index < -0.39 is 5.97 Å². The van der Waals surface area contributed by atoms with Crippen molar-refractivity contribution in [2.45, 2.75) is 25.8 Å². The molecule has 2 N–H and O–H groups in total. The normalized spacial score (nSPS) is 20.5. The van der Waals surface area contributed by atoms with E-state index in [2.05, 4.69) is 5.32 Å². The largest absolute Gasteiger partial charge is 0.480 e. The Morgan fingerprint density at radius 2 is 2.40 bits per heavy atom. The van der Waals surface area contributed by atoms with E-state index in [0.29, 0.717) is 5.92 Å². The van der Waals surface area contributed by atoms with Gasteiger partial charge in [-0.1, -0.05) is 6.92 Å². The molecule has 3 nitrogen and oxygen atoms in total. The first-order valence-electron chi connectivity index (χ1n) is 3.72. The third-order valence-electron chi connectivity index (χ3n) is 1.78. The van der Waals surface area contributed by atoms with Crippen molar-refractivity contribution in [1.82, 2.24) is 5.32 Å². The number of aliphatic carboxylic acids is 1. The van der Waals surface area contributed by atoms with Crippen LogP contribution in [0.1, 0.15) is 19.8 Å². The fourth-order valence-electron chi connectivity index (χ4n) is 1.11. The summed E-state index contributed by atoms with van der Waals surface area (Å²) in [7, 11) is 0. The van der Waals surface area contributed by atoms with Crippen molar-refractivity contribution < 1.29 is 9.90 Å². The molecule has 0 unspecified atom stereocenters. The molecule has 1 fully saturated rings. The molecule has 0 heterocycles. The Balaban J connectivity index is 2.34. The van der Waals surface area contributed by atoms with Crippen molar-refractivity contribution in [3.8, 4) is 0 Å². The molecule has 0 saturated heterocycles. The molecule has 0 amide bonds. The molecule has 0 aromatic rings. The fourth-order valence-corrected chi connectivity index (χ4v) is 1.11. The summed E-state index contributed by atoms with van der Waals surface area (Å²) in [5, 5.41) is 11.6. The zero-order valence-corrected chi connectivity index (χ0v) is 6.13. The van der Waals surface area contributed by atoms with Crippen molar-refractivity contribution in [1.29, 1.82) is 0 Å². The summed E-state index contributed by atoms with van der Waals surface area (Å²) < 4.78 is 0. The zero-order chi connectivity index (χ0) is 7.56. The molecular formula is C7H13NO2. The van der Waals surface area contributed by atoms with Crippen molar-refractivity contribution in [2.24, 2.45) is 5.92 Å². The molecule has 0 aromatic carbocycles. The van der Waals surface area contributed by atoms with Crippen molar-refractivity contribution in [3.63, 3.8) is 0 Å². The minimum absolute atomic E-state index is 0.287. The van der Waals surface area contributed by atoms with Crippen LogP contribution >= 0.6 is 0 Å². The monoisotopic (exact) mass is 143 g/mol. The Labute approximate surface area is 60.4 Å². The van der Waals surface area contributed by atoms with Gasteiger partial charge in [0, 0.05) is 0 Å². The van der Waals surface area contributed by atoms with E-state index in [1.165, 1.54) is 0 Å². The van der Waals surface area contributed by atoms with Gasteiger partial charge in [0.2, 0.25) is 0 Å². The summed E-state index contributed by atoms with van der Waals surface area (Å²) in [5.41, 5.74) is 0. The first-order valence-corrected chi connectivity index (χ1v) is 3.72. The van der Waals surface area contributed by atoms with E-state index in [-0.39, 0.29) is 6.04 Å². The summed E-state index contributed by atoms with van der Waals surface area (Å²) in [6.07, 6.45) is 2.15. The lowest BCUT2D eigenvalue weighted by Gasteiger charge is -2.10. The SMILES string of the molecule is CCN[C@H](C(=O)O)C1CC1. The van der Waals surface area contributed by atoms with Crippen LogP contribution in [0.3, 0.4) is 0 Å². The van der Waals surface area contributed by atoms with Gasteiger partial charge in [-0.25, -0.2) is 0 Å². The average Bonchev–Trinajstić information content (AvgIpc) is 2.63. The number of carboxylic acid groups (broad SMARTS) is 1. The molecule has 0 aromatic heterocycles. The smallest absolute Gasteiger partial charge is 0.320 e. The van der Waals surface area contributed by atoms with Crippen molar-refractivity contribution in [3.05, 3.63) is 0 Å². The predicted octanol–water partition coefficient (Wildman–Crippen LogP) is 0.459. The molecule has 1 aliphatic rings. The molecule has 58 valence electrons. The van der Waals surface area contributed by atoms with Crippen LogP contribution in [-0.4, -0.2) is 23.7 Å². The number of hydrogen-bond acceptors (Lipinski definition) is 2. The molecule has 1 atom stereocenters. The maximum absolute atomic E-state index is 10.5. The fraction of sp³-hybridized carbons (Fsp3) is 0.857. The second-order valence-electron chi connectivity index (χ2n) is 2.71. The standard InChI is InChI=1S/C7H13NO2/c1-2-8-6(7(9)10)5-3-4-5/h5-6,8H,2-4H2,1H3,(H,9,10)/t6-/m0/s1. The number of carboxylic acids is 1. The lowest BCUT2D eigenvalue weighted by Crippen LogP contribution is -2.38. The summed E-state index contributed by atoms with van der Waals surface area (Å²) in [5.74, 6) is -0.304. The van der Waals surface area contributed by atoms with E-state index in [0.717, 1.165) is 19.4 Å². The third kappa shape index (κ3) is 1.70. The van der Waals surface area contributed by atoms with Gasteiger partial charge < -0.3 is 10.4 Å². The molecule has 0 radical (unpaired) electrons. The van der Waals surface area contributed by atoms with E-state index >= 15 is 0 Å². The summed E-state index contributed by atoms with van der Waals surface area (Å²) in [4.78, 5) is 10.5. The number of hydrogen-bond donors (Lipinski definition) is 2. The minimum atomic E-state index is -0.704. The topological polar surface area (TPSA) is 49.3 Å². The van der Waals surface area contributed by atoms with Gasteiger partial charge in [0.25, 0.3) is 0 Å². The second-order valence-corrected chi connectivity index (χ2v) is 2.71. The lowest BCUT2D eigenvalue weighted by atomic mass is 10.2. The maximum Gasteiger partial charge on any atom is 0.320 e. The average molecular weight is 143 g/mol. The molecule has 3 heteroatoms. The summed E-state index contributed by atoms with van der Waals surface area (Å²) in [6, 6.07) is -0.287. The van der Waals surface area contributed by atoms with E-state index in [4.69, 9.17) is 5.11 Å². The van der Waals surface area contributed by atoms with Gasteiger partial charge >= 0.3 is 5.97 Å². The minimum Gasteiger partial charge on any atom is -0.480 e. The van der Waals surface area contributed by atoms with Crippen LogP contribution in [0.2, 0.25) is 0 Å². The maximum atomic E-state index is 10.5. The molecule has 10 heavy (non-hydrogen) atoms. The summed E-state index contributed by atoms with van der Waals surface area (Å²) in [6.45, 7) is 2.67. The lowest BCUT2D eigenvalue weighted by molar-refractivity contribution is -0.140. The second kappa shape index (κ2) is 3.01. The van der Waals surface area contributed by atoms with Crippen LogP contribution in [0, 0.1) is 5.92 Å². The quantitative estimate of drug-likeness (QED) is 0.601. The van der Waals surface area contributed by atoms with Gasteiger partial charge in [0.15, 0.2) is 0 Å². The first kappa shape index (κ1) is 7.54. The Bertz CT molecular complexity index is 132. The van der Waals surface area contributed by atoms with Crippen LogP contribution in [-0.2, 0) is 4.79 Å². The molecule has 0 spiro atoms. The van der Waals surface area contributed by atoms with Crippen molar-refractivity contribution in [2.75, 3.05) is 6.54 Å². The van der Waals surface area contributed by atoms with Gasteiger partial charge in [-0.2, -0.15) is 0 Å². The van der Waals surface area contributed by atoms with E-state index in [1.54, 1.807) is 0 Å². The van der Waals surface area contributed by atoms with Crippen LogP contribution < -0.4 is 5.32 Å². The zero-order valence-electron chi connectivity index (χ0n) is 6.13. The predicted molar refractivity (Wildman–Crippen MR) is 37.8 cm³/mol. The number of rotatable bonds is 4. The van der Waals surface area contributed by atoms with Gasteiger partial charge in [-0.15, -0.1) is 0 Å². The number of carbonyl (C=O) groups is 1. The van der Waals surface area contributed by atoms with Crippen LogP contribution in [0.5, 0.6) is 0 Å². The van der Waals surface area contributed by atoms with Gasteiger partial charge in [0.05, 0.1) is 0 Å². The molecule has 1 saturated carbocycles. The highest BCUT2D eigenvalue weighted by molar-refractivity contribution is 5.74. The number of nitrogens with one attached hydrogen (secondary N) is 1. The Morgan fingerprint density at radius 1 is 1.80 bits per heavy atom. The number of likely N-dealkylation sites (N-methyl/N-ethyl adjacent to an activating group) is 1. The van der Waals surface area contributed by atoms with Crippen LogP contribution in [0.25, 0.3) is 0 Å².